The second-order valence-corrected chi connectivity index (χ2v) is 6.11. The number of nitrogens with two attached hydrogens (primary N) is 1. The Kier molecular flexibility index (Phi) is 4.47. The third kappa shape index (κ3) is 3.62. The molecule has 1 aliphatic rings. The third-order valence-corrected chi connectivity index (χ3v) is 4.15. The van der Waals surface area contributed by atoms with Crippen molar-refractivity contribution in [3.8, 4) is 0 Å². The van der Waals surface area contributed by atoms with Crippen molar-refractivity contribution in [2.24, 2.45) is 0 Å². The second kappa shape index (κ2) is 6.69. The number of anilines is 2. The summed E-state index contributed by atoms with van der Waals surface area (Å²) in [6.45, 7) is 5.35. The first kappa shape index (κ1) is 15.3. The quantitative estimate of drug-likeness (QED) is 0.644. The molecule has 3 N–H and O–H groups in total. The van der Waals surface area contributed by atoms with E-state index in [2.05, 4.69) is 48.4 Å². The molecule has 1 aliphatic heterocycles. The van der Waals surface area contributed by atoms with Gasteiger partial charge in [0, 0.05) is 23.8 Å². The molecule has 3 heteroatoms. The standard InChI is InChI=1S/C10H10N2.C10H13N/c1-7-2-3-9-8(6-7)4-5-12-10(9)11;1-8-4-5-10-9(7-8)3-2-6-11-10/h2-6H,1H3,(H2,11,12);4-5,7,11H,2-3,6H2,1H3. The second-order valence-electron chi connectivity index (χ2n) is 6.11. The molecule has 118 valence electrons. The van der Waals surface area contributed by atoms with E-state index in [-0.39, 0.29) is 0 Å². The number of nitrogens with zero attached hydrogens (tertiary/aromatic N) is 1. The van der Waals surface area contributed by atoms with Gasteiger partial charge in [-0.25, -0.2) is 4.98 Å². The molecule has 2 heterocycles. The van der Waals surface area contributed by atoms with Crippen molar-refractivity contribution in [3.05, 3.63) is 65.4 Å². The van der Waals surface area contributed by atoms with E-state index in [1.165, 1.54) is 35.2 Å². The fourth-order valence-corrected chi connectivity index (χ4v) is 2.92. The van der Waals surface area contributed by atoms with Crippen molar-refractivity contribution >= 4 is 22.3 Å². The van der Waals surface area contributed by atoms with Crippen LogP contribution in [0, 0.1) is 13.8 Å². The van der Waals surface area contributed by atoms with Crippen LogP contribution in [0.4, 0.5) is 11.5 Å². The van der Waals surface area contributed by atoms with Crippen LogP contribution in [0.5, 0.6) is 0 Å². The number of rotatable bonds is 0. The summed E-state index contributed by atoms with van der Waals surface area (Å²) in [6.07, 6.45) is 4.25. The molecular formula is C20H23N3. The minimum Gasteiger partial charge on any atom is -0.385 e. The van der Waals surface area contributed by atoms with E-state index in [9.17, 15) is 0 Å². The Labute approximate surface area is 137 Å². The Balaban J connectivity index is 0.000000136. The fraction of sp³-hybridized carbons (Fsp3) is 0.250. The van der Waals surface area contributed by atoms with Gasteiger partial charge in [0.2, 0.25) is 0 Å². The molecule has 0 amide bonds. The lowest BCUT2D eigenvalue weighted by Crippen LogP contribution is -2.11. The number of aromatic nitrogens is 1. The number of hydrogen-bond acceptors (Lipinski definition) is 3. The highest BCUT2D eigenvalue weighted by atomic mass is 14.9. The van der Waals surface area contributed by atoms with E-state index in [0.717, 1.165) is 17.3 Å². The number of benzene rings is 2. The minimum absolute atomic E-state index is 0.604. The van der Waals surface area contributed by atoms with Crippen LogP contribution in [0.1, 0.15) is 23.1 Å². The summed E-state index contributed by atoms with van der Waals surface area (Å²) < 4.78 is 0. The first-order valence-electron chi connectivity index (χ1n) is 8.08. The van der Waals surface area contributed by atoms with Crippen LogP contribution in [0.2, 0.25) is 0 Å². The normalized spacial score (nSPS) is 12.8. The predicted octanol–water partition coefficient (Wildman–Crippen LogP) is 4.48. The molecule has 0 aliphatic carbocycles. The van der Waals surface area contributed by atoms with E-state index in [4.69, 9.17) is 5.73 Å². The van der Waals surface area contributed by atoms with Crippen LogP contribution in [0.25, 0.3) is 10.8 Å². The molecule has 0 saturated heterocycles. The molecule has 0 bridgehead atoms. The van der Waals surface area contributed by atoms with Crippen LogP contribution in [-0.4, -0.2) is 11.5 Å². The molecule has 0 atom stereocenters. The highest BCUT2D eigenvalue weighted by Gasteiger charge is 2.06. The van der Waals surface area contributed by atoms with Gasteiger partial charge in [-0.2, -0.15) is 0 Å². The maximum Gasteiger partial charge on any atom is 0.131 e. The summed E-state index contributed by atoms with van der Waals surface area (Å²) >= 11 is 0. The van der Waals surface area contributed by atoms with E-state index >= 15 is 0 Å². The molecule has 3 aromatic rings. The van der Waals surface area contributed by atoms with Gasteiger partial charge >= 0.3 is 0 Å². The smallest absolute Gasteiger partial charge is 0.131 e. The molecule has 4 rings (SSSR count). The Morgan fingerprint density at radius 2 is 1.78 bits per heavy atom. The Bertz CT molecular complexity index is 824. The zero-order valence-corrected chi connectivity index (χ0v) is 13.8. The van der Waals surface area contributed by atoms with E-state index in [1.54, 1.807) is 6.20 Å². The molecule has 23 heavy (non-hydrogen) atoms. The molecule has 0 saturated carbocycles. The van der Waals surface area contributed by atoms with Gasteiger partial charge in [0.1, 0.15) is 5.82 Å². The zero-order chi connectivity index (χ0) is 16.2. The zero-order valence-electron chi connectivity index (χ0n) is 13.8. The molecule has 0 spiro atoms. The SMILES string of the molecule is Cc1ccc2c(N)nccc2c1.Cc1ccc2c(c1)CCCN2. The van der Waals surface area contributed by atoms with Crippen LogP contribution in [0.3, 0.4) is 0 Å². The number of fused-ring (bicyclic) bond motifs is 2. The van der Waals surface area contributed by atoms with Gasteiger partial charge < -0.3 is 11.1 Å². The summed E-state index contributed by atoms with van der Waals surface area (Å²) in [5.41, 5.74) is 11.1. The van der Waals surface area contributed by atoms with Crippen LogP contribution in [0.15, 0.2) is 48.7 Å². The fourth-order valence-electron chi connectivity index (χ4n) is 2.92. The van der Waals surface area contributed by atoms with E-state index < -0.39 is 0 Å². The van der Waals surface area contributed by atoms with Gasteiger partial charge in [-0.3, -0.25) is 0 Å². The highest BCUT2D eigenvalue weighted by Crippen LogP contribution is 2.22. The molecule has 0 unspecified atom stereocenters. The molecule has 3 nitrogen and oxygen atoms in total. The van der Waals surface area contributed by atoms with Gasteiger partial charge in [-0.15, -0.1) is 0 Å². The van der Waals surface area contributed by atoms with Crippen molar-refractivity contribution in [2.75, 3.05) is 17.6 Å². The maximum atomic E-state index is 5.70. The molecule has 2 aromatic carbocycles. The lowest BCUT2D eigenvalue weighted by Gasteiger charge is -2.17. The van der Waals surface area contributed by atoms with Gasteiger partial charge in [0.15, 0.2) is 0 Å². The average Bonchev–Trinajstić information content (AvgIpc) is 2.55. The minimum atomic E-state index is 0.604. The third-order valence-electron chi connectivity index (χ3n) is 4.15. The Hall–Kier alpha value is -2.55. The summed E-state index contributed by atoms with van der Waals surface area (Å²) in [5.74, 6) is 0.604. The maximum absolute atomic E-state index is 5.70. The van der Waals surface area contributed by atoms with Gasteiger partial charge in [0.05, 0.1) is 0 Å². The van der Waals surface area contributed by atoms with E-state index in [0.29, 0.717) is 5.82 Å². The van der Waals surface area contributed by atoms with Crippen LogP contribution in [-0.2, 0) is 6.42 Å². The van der Waals surface area contributed by atoms with E-state index in [1.807, 2.05) is 18.2 Å². The predicted molar refractivity (Wildman–Crippen MR) is 98.9 cm³/mol. The molecule has 0 fully saturated rings. The topological polar surface area (TPSA) is 50.9 Å². The summed E-state index contributed by atoms with van der Waals surface area (Å²) in [5, 5.41) is 5.58. The van der Waals surface area contributed by atoms with Gasteiger partial charge in [-0.05, 0) is 49.8 Å². The first-order chi connectivity index (χ1) is 11.1. The Morgan fingerprint density at radius 1 is 1.00 bits per heavy atom. The first-order valence-corrected chi connectivity index (χ1v) is 8.08. The number of hydrogen-bond donors (Lipinski definition) is 2. The van der Waals surface area contributed by atoms with Crippen molar-refractivity contribution in [1.82, 2.24) is 4.98 Å². The van der Waals surface area contributed by atoms with Gasteiger partial charge in [0.25, 0.3) is 0 Å². The number of pyridine rings is 1. The monoisotopic (exact) mass is 305 g/mol. The van der Waals surface area contributed by atoms with Crippen molar-refractivity contribution < 1.29 is 0 Å². The Morgan fingerprint density at radius 3 is 2.65 bits per heavy atom. The van der Waals surface area contributed by atoms with Gasteiger partial charge in [-0.1, -0.05) is 41.5 Å². The van der Waals surface area contributed by atoms with Crippen LogP contribution >= 0.6 is 0 Å². The average molecular weight is 305 g/mol. The summed E-state index contributed by atoms with van der Waals surface area (Å²) in [7, 11) is 0. The number of aryl methyl sites for hydroxylation is 3. The van der Waals surface area contributed by atoms with Crippen molar-refractivity contribution in [1.29, 1.82) is 0 Å². The summed E-state index contributed by atoms with van der Waals surface area (Å²) in [4.78, 5) is 4.01. The number of nitrogen functional groups attached to an aromatic ring is 1. The molecule has 0 radical (unpaired) electrons. The van der Waals surface area contributed by atoms with Crippen LogP contribution < -0.4 is 11.1 Å². The summed E-state index contributed by atoms with van der Waals surface area (Å²) in [6, 6.07) is 14.8. The molecule has 1 aromatic heterocycles. The van der Waals surface area contributed by atoms with Crippen molar-refractivity contribution in [2.45, 2.75) is 26.7 Å². The number of nitrogens with one attached hydrogen (secondary N) is 1. The lowest BCUT2D eigenvalue weighted by atomic mass is 10.0. The largest absolute Gasteiger partial charge is 0.385 e. The molecular weight excluding hydrogens is 282 g/mol. The van der Waals surface area contributed by atoms with Crippen molar-refractivity contribution in [3.63, 3.8) is 0 Å². The lowest BCUT2D eigenvalue weighted by molar-refractivity contribution is 0.829. The highest BCUT2D eigenvalue weighted by molar-refractivity contribution is 5.91.